The first-order valence-electron chi connectivity index (χ1n) is 6.46. The Kier molecular flexibility index (Phi) is 4.76. The van der Waals surface area contributed by atoms with Crippen LogP contribution in [0.15, 0.2) is 29.2 Å². The third-order valence-corrected chi connectivity index (χ3v) is 4.17. The zero-order chi connectivity index (χ0) is 17.2. The van der Waals surface area contributed by atoms with Gasteiger partial charge in [0, 0.05) is 5.69 Å². The number of nitrogens with zero attached hydrogens (tertiary/aromatic N) is 2. The van der Waals surface area contributed by atoms with Crippen LogP contribution in [0.5, 0.6) is 0 Å². The summed E-state index contributed by atoms with van der Waals surface area (Å²) in [6.45, 7) is 3.31. The zero-order valence-corrected chi connectivity index (χ0v) is 13.1. The van der Waals surface area contributed by atoms with Crippen LogP contribution in [0.1, 0.15) is 11.4 Å². The van der Waals surface area contributed by atoms with Crippen LogP contribution in [0.2, 0.25) is 0 Å². The molecule has 0 aliphatic carbocycles. The van der Waals surface area contributed by atoms with Crippen LogP contribution in [-0.4, -0.2) is 24.1 Å². The molecule has 1 aromatic heterocycles. The highest BCUT2D eigenvalue weighted by Crippen LogP contribution is 2.13. The molecule has 0 aliphatic heterocycles. The number of aryl methyl sites for hydroxylation is 2. The first-order valence-corrected chi connectivity index (χ1v) is 7.94. The molecule has 0 spiro atoms. The molecule has 1 heterocycles. The summed E-state index contributed by atoms with van der Waals surface area (Å²) in [5.74, 6) is -3.14. The second-order valence-corrected chi connectivity index (χ2v) is 6.50. The quantitative estimate of drug-likeness (QED) is 0.784. The number of amides is 1. The molecule has 1 aromatic carbocycles. The zero-order valence-electron chi connectivity index (χ0n) is 12.3. The summed E-state index contributed by atoms with van der Waals surface area (Å²) in [5.41, 5.74) is 3.44. The van der Waals surface area contributed by atoms with Crippen LogP contribution < -0.4 is 10.3 Å². The third-order valence-electron chi connectivity index (χ3n) is 2.92. The Labute approximate surface area is 131 Å². The highest BCUT2D eigenvalue weighted by molar-refractivity contribution is 7.89. The van der Waals surface area contributed by atoms with E-state index in [0.717, 1.165) is 17.5 Å². The Morgan fingerprint density at radius 3 is 2.48 bits per heavy atom. The second kappa shape index (κ2) is 6.42. The fraction of sp³-hybridized carbons (Fsp3) is 0.231. The van der Waals surface area contributed by atoms with Crippen LogP contribution in [-0.2, 0) is 21.4 Å². The van der Waals surface area contributed by atoms with Crippen LogP contribution in [0.25, 0.3) is 0 Å². The average molecular weight is 344 g/mol. The number of aromatic nitrogens is 2. The van der Waals surface area contributed by atoms with Gasteiger partial charge >= 0.3 is 0 Å². The molecule has 124 valence electrons. The average Bonchev–Trinajstić information content (AvgIpc) is 2.77. The summed E-state index contributed by atoms with van der Waals surface area (Å²) in [5, 5.41) is 4.06. The number of carbonyl (C=O) groups is 1. The summed E-state index contributed by atoms with van der Waals surface area (Å²) in [6, 6.07) is 3.85. The van der Waals surface area contributed by atoms with E-state index in [0.29, 0.717) is 12.1 Å². The van der Waals surface area contributed by atoms with Crippen molar-refractivity contribution in [2.24, 2.45) is 0 Å². The lowest BCUT2D eigenvalue weighted by Gasteiger charge is -2.09. The SMILES string of the molecule is Cc1cc(C)n(CC(=O)NNS(=O)(=O)c2ccc(F)c(F)c2)n1. The van der Waals surface area contributed by atoms with E-state index in [1.54, 1.807) is 19.9 Å². The molecule has 0 atom stereocenters. The number of nitrogens with one attached hydrogen (secondary N) is 2. The van der Waals surface area contributed by atoms with Gasteiger partial charge in [-0.15, -0.1) is 4.83 Å². The van der Waals surface area contributed by atoms with E-state index in [2.05, 4.69) is 5.10 Å². The molecule has 7 nitrogen and oxygen atoms in total. The van der Waals surface area contributed by atoms with Gasteiger partial charge in [-0.05, 0) is 38.1 Å². The maximum absolute atomic E-state index is 13.1. The van der Waals surface area contributed by atoms with Gasteiger partial charge in [-0.2, -0.15) is 5.10 Å². The van der Waals surface area contributed by atoms with Gasteiger partial charge < -0.3 is 0 Å². The summed E-state index contributed by atoms with van der Waals surface area (Å²) >= 11 is 0. The van der Waals surface area contributed by atoms with Gasteiger partial charge in [0.2, 0.25) is 0 Å². The number of halogens is 2. The number of hydrazine groups is 1. The van der Waals surface area contributed by atoms with Crippen LogP contribution in [0, 0.1) is 25.5 Å². The number of hydrogen-bond donors (Lipinski definition) is 2. The Bertz CT molecular complexity index is 849. The van der Waals surface area contributed by atoms with Crippen molar-refractivity contribution in [2.75, 3.05) is 0 Å². The number of carbonyl (C=O) groups excluding carboxylic acids is 1. The molecule has 0 bridgehead atoms. The summed E-state index contributed by atoms with van der Waals surface area (Å²) in [6.07, 6.45) is 0. The lowest BCUT2D eigenvalue weighted by atomic mass is 10.3. The Morgan fingerprint density at radius 1 is 1.22 bits per heavy atom. The normalized spacial score (nSPS) is 11.5. The van der Waals surface area contributed by atoms with E-state index in [-0.39, 0.29) is 6.54 Å². The van der Waals surface area contributed by atoms with Gasteiger partial charge in [-0.1, -0.05) is 0 Å². The Balaban J connectivity index is 2.02. The van der Waals surface area contributed by atoms with E-state index >= 15 is 0 Å². The van der Waals surface area contributed by atoms with Gasteiger partial charge in [-0.25, -0.2) is 17.2 Å². The number of benzene rings is 1. The molecule has 0 fully saturated rings. The highest BCUT2D eigenvalue weighted by Gasteiger charge is 2.17. The largest absolute Gasteiger partial charge is 0.276 e. The van der Waals surface area contributed by atoms with Gasteiger partial charge in [0.05, 0.1) is 10.6 Å². The lowest BCUT2D eigenvalue weighted by Crippen LogP contribution is -2.43. The highest BCUT2D eigenvalue weighted by atomic mass is 32.2. The van der Waals surface area contributed by atoms with Gasteiger partial charge in [-0.3, -0.25) is 14.9 Å². The van der Waals surface area contributed by atoms with Crippen LogP contribution in [0.3, 0.4) is 0 Å². The van der Waals surface area contributed by atoms with Crippen molar-refractivity contribution in [1.82, 2.24) is 20.0 Å². The molecule has 10 heteroatoms. The van der Waals surface area contributed by atoms with E-state index in [1.807, 2.05) is 10.3 Å². The van der Waals surface area contributed by atoms with Crippen molar-refractivity contribution in [3.05, 3.63) is 47.3 Å². The van der Waals surface area contributed by atoms with Gasteiger partial charge in [0.25, 0.3) is 15.9 Å². The topological polar surface area (TPSA) is 93.1 Å². The van der Waals surface area contributed by atoms with E-state index < -0.39 is 32.5 Å². The third kappa shape index (κ3) is 4.11. The van der Waals surface area contributed by atoms with Crippen LogP contribution in [0.4, 0.5) is 8.78 Å². The second-order valence-electron chi connectivity index (χ2n) is 4.81. The maximum Gasteiger partial charge on any atom is 0.257 e. The first kappa shape index (κ1) is 17.0. The number of rotatable bonds is 5. The molecule has 2 N–H and O–H groups in total. The molecule has 1 amide bonds. The van der Waals surface area contributed by atoms with Crippen molar-refractivity contribution in [3.63, 3.8) is 0 Å². The van der Waals surface area contributed by atoms with Crippen molar-refractivity contribution in [1.29, 1.82) is 0 Å². The minimum Gasteiger partial charge on any atom is -0.276 e. The molecule has 0 radical (unpaired) electrons. The van der Waals surface area contributed by atoms with E-state index in [1.165, 1.54) is 4.68 Å². The summed E-state index contributed by atoms with van der Waals surface area (Å²) in [4.78, 5) is 13.0. The fourth-order valence-electron chi connectivity index (χ4n) is 1.84. The molecule has 2 rings (SSSR count). The molecule has 0 saturated carbocycles. The van der Waals surface area contributed by atoms with E-state index in [4.69, 9.17) is 0 Å². The smallest absolute Gasteiger partial charge is 0.257 e. The van der Waals surface area contributed by atoms with Crippen molar-refractivity contribution in [2.45, 2.75) is 25.3 Å². The lowest BCUT2D eigenvalue weighted by molar-refractivity contribution is -0.122. The summed E-state index contributed by atoms with van der Waals surface area (Å²) < 4.78 is 51.1. The molecular formula is C13H14F2N4O3S. The van der Waals surface area contributed by atoms with Gasteiger partial charge in [0.1, 0.15) is 6.54 Å². The van der Waals surface area contributed by atoms with Gasteiger partial charge in [0.15, 0.2) is 11.6 Å². The van der Waals surface area contributed by atoms with Crippen molar-refractivity contribution < 1.29 is 22.0 Å². The molecule has 0 saturated heterocycles. The maximum atomic E-state index is 13.1. The Morgan fingerprint density at radius 2 is 1.91 bits per heavy atom. The van der Waals surface area contributed by atoms with Crippen molar-refractivity contribution in [3.8, 4) is 0 Å². The molecule has 23 heavy (non-hydrogen) atoms. The molecule has 0 aliphatic rings. The Hall–Kier alpha value is -2.33. The number of sulfonamides is 1. The molecule has 0 unspecified atom stereocenters. The number of hydrogen-bond acceptors (Lipinski definition) is 4. The minimum absolute atomic E-state index is 0.194. The first-order chi connectivity index (χ1) is 10.7. The predicted octanol–water partition coefficient (Wildman–Crippen LogP) is 0.788. The van der Waals surface area contributed by atoms with Crippen LogP contribution >= 0.6 is 0 Å². The standard InChI is InChI=1S/C13H14F2N4O3S/c1-8-5-9(2)19(17-8)7-13(20)16-18-23(21,22)10-3-4-11(14)12(15)6-10/h3-6,18H,7H2,1-2H3,(H,16,20). The summed E-state index contributed by atoms with van der Waals surface area (Å²) in [7, 11) is -4.21. The monoisotopic (exact) mass is 344 g/mol. The molecular weight excluding hydrogens is 330 g/mol. The van der Waals surface area contributed by atoms with Crippen molar-refractivity contribution >= 4 is 15.9 Å². The van der Waals surface area contributed by atoms with E-state index in [9.17, 15) is 22.0 Å². The fourth-order valence-corrected chi connectivity index (χ4v) is 2.71. The predicted molar refractivity (Wildman–Crippen MR) is 76.5 cm³/mol. The molecule has 2 aromatic rings. The minimum atomic E-state index is -4.21.